The standard InChI is InChI=1S/C24H27N5/c1-27-11-8-21(9-12-27)28-13-10-24-26-22-16-20(6-7-23(22)29(24)15-14-28)19-4-2-18(17-25)3-5-19/h2-7,16,21H,8-15H2,1H3. The Kier molecular flexibility index (Phi) is 4.83. The number of nitriles is 1. The molecule has 0 unspecified atom stereocenters. The molecular weight excluding hydrogens is 358 g/mol. The molecule has 0 amide bonds. The number of hydrogen-bond donors (Lipinski definition) is 0. The van der Waals surface area contributed by atoms with Crippen LogP contribution in [0.3, 0.4) is 0 Å². The average molecular weight is 386 g/mol. The number of aromatic nitrogens is 2. The van der Waals surface area contributed by atoms with E-state index >= 15 is 0 Å². The van der Waals surface area contributed by atoms with Crippen LogP contribution in [0.1, 0.15) is 24.2 Å². The number of imidazole rings is 1. The molecule has 5 nitrogen and oxygen atoms in total. The Bertz CT molecular complexity index is 1050. The van der Waals surface area contributed by atoms with Crippen molar-refractivity contribution in [2.45, 2.75) is 31.8 Å². The number of piperidine rings is 1. The van der Waals surface area contributed by atoms with Gasteiger partial charge in [-0.15, -0.1) is 0 Å². The van der Waals surface area contributed by atoms with Crippen LogP contribution in [-0.2, 0) is 13.0 Å². The number of nitrogens with zero attached hydrogens (tertiary/aromatic N) is 5. The van der Waals surface area contributed by atoms with E-state index in [1.54, 1.807) is 0 Å². The summed E-state index contributed by atoms with van der Waals surface area (Å²) in [6, 6.07) is 17.3. The number of benzene rings is 2. The molecule has 0 spiro atoms. The molecule has 5 heteroatoms. The fraction of sp³-hybridized carbons (Fsp3) is 0.417. The van der Waals surface area contributed by atoms with Crippen molar-refractivity contribution in [3.63, 3.8) is 0 Å². The molecule has 3 heterocycles. The van der Waals surface area contributed by atoms with Crippen molar-refractivity contribution in [1.29, 1.82) is 5.26 Å². The van der Waals surface area contributed by atoms with Gasteiger partial charge in [0.25, 0.3) is 0 Å². The lowest BCUT2D eigenvalue weighted by Crippen LogP contribution is -2.44. The van der Waals surface area contributed by atoms with Crippen LogP contribution in [0.5, 0.6) is 0 Å². The summed E-state index contributed by atoms with van der Waals surface area (Å²) in [5, 5.41) is 9.00. The minimum absolute atomic E-state index is 0.692. The van der Waals surface area contributed by atoms with Crippen LogP contribution in [0.15, 0.2) is 42.5 Å². The largest absolute Gasteiger partial charge is 0.327 e. The second-order valence-electron chi connectivity index (χ2n) is 8.39. The number of rotatable bonds is 2. The minimum Gasteiger partial charge on any atom is -0.327 e. The van der Waals surface area contributed by atoms with Crippen molar-refractivity contribution in [3.8, 4) is 17.2 Å². The summed E-state index contributed by atoms with van der Waals surface area (Å²) < 4.78 is 2.42. The van der Waals surface area contributed by atoms with Crippen LogP contribution in [0.2, 0.25) is 0 Å². The lowest BCUT2D eigenvalue weighted by Gasteiger charge is -2.36. The van der Waals surface area contributed by atoms with E-state index in [4.69, 9.17) is 10.2 Å². The first-order valence-electron chi connectivity index (χ1n) is 10.6. The Balaban J connectivity index is 1.37. The fourth-order valence-corrected chi connectivity index (χ4v) is 4.85. The van der Waals surface area contributed by atoms with Crippen molar-refractivity contribution in [2.24, 2.45) is 0 Å². The van der Waals surface area contributed by atoms with Crippen molar-refractivity contribution in [1.82, 2.24) is 19.4 Å². The van der Waals surface area contributed by atoms with Crippen LogP contribution in [0, 0.1) is 11.3 Å². The highest BCUT2D eigenvalue weighted by molar-refractivity contribution is 5.82. The molecule has 0 bridgehead atoms. The lowest BCUT2D eigenvalue weighted by atomic mass is 10.0. The summed E-state index contributed by atoms with van der Waals surface area (Å²) >= 11 is 0. The quantitative estimate of drug-likeness (QED) is 0.677. The van der Waals surface area contributed by atoms with E-state index in [0.717, 1.165) is 48.7 Å². The first kappa shape index (κ1) is 18.4. The van der Waals surface area contributed by atoms with Gasteiger partial charge in [0, 0.05) is 32.1 Å². The van der Waals surface area contributed by atoms with Gasteiger partial charge in [-0.25, -0.2) is 4.98 Å². The SMILES string of the molecule is CN1CCC(N2CCc3nc4cc(-c5ccc(C#N)cc5)ccc4n3CC2)CC1. The number of fused-ring (bicyclic) bond motifs is 3. The molecule has 0 N–H and O–H groups in total. The molecule has 0 atom stereocenters. The number of hydrogen-bond acceptors (Lipinski definition) is 4. The maximum atomic E-state index is 9.00. The van der Waals surface area contributed by atoms with E-state index < -0.39 is 0 Å². The Hall–Kier alpha value is -2.68. The highest BCUT2D eigenvalue weighted by Gasteiger charge is 2.26. The van der Waals surface area contributed by atoms with Gasteiger partial charge < -0.3 is 9.47 Å². The summed E-state index contributed by atoms with van der Waals surface area (Å²) in [7, 11) is 2.23. The number of likely N-dealkylation sites (tertiary alicyclic amines) is 1. The lowest BCUT2D eigenvalue weighted by molar-refractivity contribution is 0.123. The smallest absolute Gasteiger partial charge is 0.111 e. The molecule has 2 aromatic carbocycles. The van der Waals surface area contributed by atoms with Crippen molar-refractivity contribution in [3.05, 3.63) is 53.9 Å². The molecule has 1 aromatic heterocycles. The molecule has 29 heavy (non-hydrogen) atoms. The van der Waals surface area contributed by atoms with E-state index in [1.165, 1.54) is 37.3 Å². The van der Waals surface area contributed by atoms with Gasteiger partial charge in [-0.05, 0) is 68.4 Å². The zero-order chi connectivity index (χ0) is 19.8. The third-order valence-corrected chi connectivity index (χ3v) is 6.61. The molecule has 2 aliphatic heterocycles. The molecule has 3 aromatic rings. The van der Waals surface area contributed by atoms with Crippen molar-refractivity contribution in [2.75, 3.05) is 33.2 Å². The van der Waals surface area contributed by atoms with Crippen LogP contribution >= 0.6 is 0 Å². The van der Waals surface area contributed by atoms with Gasteiger partial charge in [-0.3, -0.25) is 4.90 Å². The highest BCUT2D eigenvalue weighted by atomic mass is 15.2. The summed E-state index contributed by atoms with van der Waals surface area (Å²) in [5.74, 6) is 1.22. The van der Waals surface area contributed by atoms with Gasteiger partial charge in [0.1, 0.15) is 5.82 Å². The summed E-state index contributed by atoms with van der Waals surface area (Å²) in [6.07, 6.45) is 3.59. The second kappa shape index (κ2) is 7.62. The maximum absolute atomic E-state index is 9.00. The van der Waals surface area contributed by atoms with E-state index in [2.05, 4.69) is 45.7 Å². The Morgan fingerprint density at radius 3 is 2.45 bits per heavy atom. The zero-order valence-electron chi connectivity index (χ0n) is 17.0. The minimum atomic E-state index is 0.692. The van der Waals surface area contributed by atoms with Crippen LogP contribution in [-0.4, -0.2) is 58.6 Å². The maximum Gasteiger partial charge on any atom is 0.111 e. The second-order valence-corrected chi connectivity index (χ2v) is 8.39. The highest BCUT2D eigenvalue weighted by Crippen LogP contribution is 2.27. The van der Waals surface area contributed by atoms with Gasteiger partial charge in [0.15, 0.2) is 0 Å². The zero-order valence-corrected chi connectivity index (χ0v) is 17.0. The first-order chi connectivity index (χ1) is 14.2. The van der Waals surface area contributed by atoms with Crippen LogP contribution in [0.25, 0.3) is 22.2 Å². The van der Waals surface area contributed by atoms with E-state index in [0.29, 0.717) is 5.56 Å². The normalized spacial score (nSPS) is 19.0. The van der Waals surface area contributed by atoms with Crippen molar-refractivity contribution >= 4 is 11.0 Å². The summed E-state index contributed by atoms with van der Waals surface area (Å²) in [6.45, 7) is 5.68. The van der Waals surface area contributed by atoms with E-state index in [-0.39, 0.29) is 0 Å². The Morgan fingerprint density at radius 1 is 0.931 bits per heavy atom. The molecule has 5 rings (SSSR count). The topological polar surface area (TPSA) is 48.1 Å². The summed E-state index contributed by atoms with van der Waals surface area (Å²) in [4.78, 5) is 10.1. The van der Waals surface area contributed by atoms with Crippen LogP contribution < -0.4 is 0 Å². The fourth-order valence-electron chi connectivity index (χ4n) is 4.85. The molecule has 2 aliphatic rings. The third-order valence-electron chi connectivity index (χ3n) is 6.61. The van der Waals surface area contributed by atoms with Gasteiger partial charge in [-0.1, -0.05) is 18.2 Å². The molecule has 1 saturated heterocycles. The molecule has 148 valence electrons. The van der Waals surface area contributed by atoms with Gasteiger partial charge in [0.05, 0.1) is 22.7 Å². The van der Waals surface area contributed by atoms with Gasteiger partial charge >= 0.3 is 0 Å². The predicted molar refractivity (Wildman–Crippen MR) is 116 cm³/mol. The monoisotopic (exact) mass is 385 g/mol. The van der Waals surface area contributed by atoms with Gasteiger partial charge in [-0.2, -0.15) is 5.26 Å². The Labute approximate surface area is 172 Å². The molecule has 0 radical (unpaired) electrons. The van der Waals surface area contributed by atoms with E-state index in [9.17, 15) is 0 Å². The molecular formula is C24H27N5. The average Bonchev–Trinajstić information content (AvgIpc) is 2.98. The first-order valence-corrected chi connectivity index (χ1v) is 10.6. The Morgan fingerprint density at radius 2 is 1.69 bits per heavy atom. The third kappa shape index (κ3) is 3.55. The molecule has 1 fully saturated rings. The molecule has 0 aliphatic carbocycles. The summed E-state index contributed by atoms with van der Waals surface area (Å²) in [5.41, 5.74) is 5.29. The predicted octanol–water partition coefficient (Wildman–Crippen LogP) is 3.53. The van der Waals surface area contributed by atoms with E-state index in [1.807, 2.05) is 24.3 Å². The van der Waals surface area contributed by atoms with Crippen molar-refractivity contribution < 1.29 is 0 Å². The van der Waals surface area contributed by atoms with Gasteiger partial charge in [0.2, 0.25) is 0 Å². The molecule has 0 saturated carbocycles. The van der Waals surface area contributed by atoms with Crippen LogP contribution in [0.4, 0.5) is 0 Å².